The first kappa shape index (κ1) is 16.4. The number of benzene rings is 2. The van der Waals surface area contributed by atoms with E-state index in [1.165, 1.54) is 5.56 Å². The topological polar surface area (TPSA) is 66.8 Å². The van der Waals surface area contributed by atoms with Crippen molar-refractivity contribution >= 4 is 11.9 Å². The molecule has 2 aromatic rings. The van der Waals surface area contributed by atoms with Crippen LogP contribution in [0.2, 0.25) is 0 Å². The Hall–Kier alpha value is -2.82. The summed E-state index contributed by atoms with van der Waals surface area (Å²) in [5, 5.41) is 9.23. The van der Waals surface area contributed by atoms with E-state index in [0.29, 0.717) is 19.7 Å². The van der Waals surface area contributed by atoms with Crippen molar-refractivity contribution in [2.75, 3.05) is 13.2 Å². The largest absolute Gasteiger partial charge is 0.493 e. The molecule has 138 valence electrons. The zero-order valence-corrected chi connectivity index (χ0v) is 15.0. The molecule has 5 rings (SSSR count). The SMILES string of the molecule is O=C(O)c1ccc2c(c1)CN(C(=O)[C@@H]1C[C@]13CCOc1ccccc13)CC2. The second kappa shape index (κ2) is 5.84. The summed E-state index contributed by atoms with van der Waals surface area (Å²) < 4.78 is 5.77. The van der Waals surface area contributed by atoms with Crippen molar-refractivity contribution in [1.29, 1.82) is 0 Å². The second-order valence-corrected chi connectivity index (χ2v) is 7.81. The fourth-order valence-corrected chi connectivity index (χ4v) is 4.78. The van der Waals surface area contributed by atoms with Gasteiger partial charge in [0, 0.05) is 30.0 Å². The fraction of sp³-hybridized carbons (Fsp3) is 0.364. The number of carboxylic acid groups (broad SMARTS) is 1. The number of rotatable bonds is 2. The van der Waals surface area contributed by atoms with E-state index in [-0.39, 0.29) is 22.8 Å². The van der Waals surface area contributed by atoms with Crippen LogP contribution in [0.3, 0.4) is 0 Å². The lowest BCUT2D eigenvalue weighted by molar-refractivity contribution is -0.134. The van der Waals surface area contributed by atoms with Crippen molar-refractivity contribution in [2.24, 2.45) is 5.92 Å². The van der Waals surface area contributed by atoms with E-state index >= 15 is 0 Å². The van der Waals surface area contributed by atoms with Crippen LogP contribution in [-0.4, -0.2) is 35.0 Å². The molecule has 0 aromatic heterocycles. The van der Waals surface area contributed by atoms with Crippen LogP contribution in [-0.2, 0) is 23.2 Å². The van der Waals surface area contributed by atoms with Crippen LogP contribution in [0, 0.1) is 5.92 Å². The first-order valence-corrected chi connectivity index (χ1v) is 9.45. The lowest BCUT2D eigenvalue weighted by Crippen LogP contribution is -2.39. The number of aromatic carboxylic acids is 1. The predicted octanol–water partition coefficient (Wildman–Crippen LogP) is 3.01. The van der Waals surface area contributed by atoms with E-state index in [2.05, 4.69) is 6.07 Å². The van der Waals surface area contributed by atoms with Crippen molar-refractivity contribution in [2.45, 2.75) is 31.2 Å². The van der Waals surface area contributed by atoms with Gasteiger partial charge in [-0.15, -0.1) is 0 Å². The molecule has 1 spiro atoms. The molecule has 2 atom stereocenters. The van der Waals surface area contributed by atoms with E-state index in [4.69, 9.17) is 4.74 Å². The highest BCUT2D eigenvalue weighted by Gasteiger charge is 2.61. The monoisotopic (exact) mass is 363 g/mol. The van der Waals surface area contributed by atoms with Gasteiger partial charge in [-0.05, 0) is 48.6 Å². The molecule has 0 radical (unpaired) electrons. The third kappa shape index (κ3) is 2.52. The molecule has 3 aliphatic rings. The molecule has 2 aromatic carbocycles. The number of fused-ring (bicyclic) bond motifs is 3. The lowest BCUT2D eigenvalue weighted by atomic mass is 9.87. The number of carboxylic acids is 1. The van der Waals surface area contributed by atoms with Crippen LogP contribution in [0.5, 0.6) is 5.75 Å². The number of hydrogen-bond donors (Lipinski definition) is 1. The first-order valence-electron chi connectivity index (χ1n) is 9.45. The van der Waals surface area contributed by atoms with E-state index in [9.17, 15) is 14.7 Å². The van der Waals surface area contributed by atoms with Crippen molar-refractivity contribution in [1.82, 2.24) is 4.90 Å². The summed E-state index contributed by atoms with van der Waals surface area (Å²) in [6, 6.07) is 13.3. The maximum Gasteiger partial charge on any atom is 0.335 e. The summed E-state index contributed by atoms with van der Waals surface area (Å²) in [4.78, 5) is 26.4. The van der Waals surface area contributed by atoms with Crippen LogP contribution in [0.25, 0.3) is 0 Å². The quantitative estimate of drug-likeness (QED) is 0.891. The lowest BCUT2D eigenvalue weighted by Gasteiger charge is -2.31. The average Bonchev–Trinajstić information content (AvgIpc) is 3.41. The molecule has 0 unspecified atom stereocenters. The van der Waals surface area contributed by atoms with Gasteiger partial charge in [0.25, 0.3) is 0 Å². The number of para-hydroxylation sites is 1. The third-order valence-electron chi connectivity index (χ3n) is 6.38. The minimum atomic E-state index is -0.929. The minimum Gasteiger partial charge on any atom is -0.493 e. The van der Waals surface area contributed by atoms with Crippen LogP contribution < -0.4 is 4.74 Å². The van der Waals surface area contributed by atoms with Crippen LogP contribution >= 0.6 is 0 Å². The normalized spacial score (nSPS) is 25.3. The summed E-state index contributed by atoms with van der Waals surface area (Å²) in [7, 11) is 0. The first-order chi connectivity index (χ1) is 13.1. The van der Waals surface area contributed by atoms with Crippen molar-refractivity contribution < 1.29 is 19.4 Å². The van der Waals surface area contributed by atoms with Crippen molar-refractivity contribution in [3.63, 3.8) is 0 Å². The predicted molar refractivity (Wildman–Crippen MR) is 98.9 cm³/mol. The third-order valence-corrected chi connectivity index (χ3v) is 6.38. The summed E-state index contributed by atoms with van der Waals surface area (Å²) in [6.07, 6.45) is 2.54. The number of ether oxygens (including phenoxy) is 1. The van der Waals surface area contributed by atoms with Crippen molar-refractivity contribution in [3.05, 3.63) is 64.7 Å². The van der Waals surface area contributed by atoms with E-state index in [1.807, 2.05) is 29.2 Å². The Labute approximate surface area is 157 Å². The van der Waals surface area contributed by atoms with Gasteiger partial charge >= 0.3 is 5.97 Å². The van der Waals surface area contributed by atoms with Gasteiger partial charge in [-0.2, -0.15) is 0 Å². The molecule has 1 saturated carbocycles. The molecule has 0 saturated heterocycles. The summed E-state index contributed by atoms with van der Waals surface area (Å²) in [5.74, 6) is 0.181. The Balaban J connectivity index is 1.38. The zero-order valence-electron chi connectivity index (χ0n) is 15.0. The molecule has 1 aliphatic carbocycles. The Morgan fingerprint density at radius 3 is 2.85 bits per heavy atom. The smallest absolute Gasteiger partial charge is 0.335 e. The van der Waals surface area contributed by atoms with Crippen LogP contribution in [0.1, 0.15) is 39.9 Å². The molecule has 1 amide bonds. The molecule has 5 heteroatoms. The fourth-order valence-electron chi connectivity index (χ4n) is 4.78. The maximum absolute atomic E-state index is 13.2. The molecule has 5 nitrogen and oxygen atoms in total. The number of hydrogen-bond acceptors (Lipinski definition) is 3. The molecular formula is C22H21NO4. The molecule has 1 N–H and O–H groups in total. The second-order valence-electron chi connectivity index (χ2n) is 7.81. The summed E-state index contributed by atoms with van der Waals surface area (Å²) in [5.41, 5.74) is 3.47. The molecule has 2 heterocycles. The Morgan fingerprint density at radius 1 is 1.15 bits per heavy atom. The standard InChI is InChI=1S/C22H21NO4/c24-20(18-12-22(18)8-10-27-19-4-2-1-3-17(19)22)23-9-7-14-5-6-15(21(25)26)11-16(14)13-23/h1-6,11,18H,7-10,12-13H2,(H,25,26)/t18-,22-/m0/s1. The molecule has 27 heavy (non-hydrogen) atoms. The maximum atomic E-state index is 13.2. The molecule has 1 fully saturated rings. The van der Waals surface area contributed by atoms with Crippen LogP contribution in [0.15, 0.2) is 42.5 Å². The van der Waals surface area contributed by atoms with E-state index in [1.54, 1.807) is 12.1 Å². The Kier molecular flexibility index (Phi) is 3.54. The number of nitrogens with zero attached hydrogens (tertiary/aromatic N) is 1. The van der Waals surface area contributed by atoms with Gasteiger partial charge in [0.2, 0.25) is 5.91 Å². The molecule has 0 bridgehead atoms. The van der Waals surface area contributed by atoms with E-state index in [0.717, 1.165) is 36.1 Å². The minimum absolute atomic E-state index is 0.00626. The van der Waals surface area contributed by atoms with Gasteiger partial charge in [0.15, 0.2) is 0 Å². The number of carbonyl (C=O) groups is 2. The molecule has 2 aliphatic heterocycles. The van der Waals surface area contributed by atoms with Gasteiger partial charge < -0.3 is 14.7 Å². The highest BCUT2D eigenvalue weighted by Crippen LogP contribution is 2.61. The number of carbonyl (C=O) groups excluding carboxylic acids is 1. The van der Waals surface area contributed by atoms with Crippen LogP contribution in [0.4, 0.5) is 0 Å². The zero-order chi connectivity index (χ0) is 18.6. The van der Waals surface area contributed by atoms with Gasteiger partial charge in [0.1, 0.15) is 5.75 Å². The summed E-state index contributed by atoms with van der Waals surface area (Å²) >= 11 is 0. The van der Waals surface area contributed by atoms with Crippen molar-refractivity contribution in [3.8, 4) is 5.75 Å². The highest BCUT2D eigenvalue weighted by molar-refractivity contribution is 5.88. The molecular weight excluding hydrogens is 342 g/mol. The van der Waals surface area contributed by atoms with Gasteiger partial charge in [-0.1, -0.05) is 24.3 Å². The van der Waals surface area contributed by atoms with Gasteiger partial charge in [-0.25, -0.2) is 4.79 Å². The average molecular weight is 363 g/mol. The highest BCUT2D eigenvalue weighted by atomic mass is 16.5. The number of amides is 1. The van der Waals surface area contributed by atoms with E-state index < -0.39 is 5.97 Å². The summed E-state index contributed by atoms with van der Waals surface area (Å²) in [6.45, 7) is 1.86. The Morgan fingerprint density at radius 2 is 2.00 bits per heavy atom. The van der Waals surface area contributed by atoms with Gasteiger partial charge in [0.05, 0.1) is 12.2 Å². The van der Waals surface area contributed by atoms with Gasteiger partial charge in [-0.3, -0.25) is 4.79 Å². The Bertz CT molecular complexity index is 953.